The highest BCUT2D eigenvalue weighted by Gasteiger charge is 2.12. The minimum Gasteiger partial charge on any atom is -0.338 e. The molecule has 0 atom stereocenters. The first kappa shape index (κ1) is 16.6. The first-order valence-corrected chi connectivity index (χ1v) is 10.7. The number of rotatable bonds is 4. The largest absolute Gasteiger partial charge is 0.338 e. The highest BCUT2D eigenvalue weighted by molar-refractivity contribution is 9.10. The van der Waals surface area contributed by atoms with E-state index in [1.165, 1.54) is 0 Å². The molecule has 27 heavy (non-hydrogen) atoms. The van der Waals surface area contributed by atoms with Gasteiger partial charge in [-0.15, -0.1) is 32.9 Å². The highest BCUT2D eigenvalue weighted by Crippen LogP contribution is 2.34. The molecule has 3 aromatic heterocycles. The Morgan fingerprint density at radius 2 is 1.59 bits per heavy atom. The summed E-state index contributed by atoms with van der Waals surface area (Å²) in [5, 5.41) is 18.7. The Morgan fingerprint density at radius 3 is 2.48 bits per heavy atom. The number of aromatic nitrogens is 3. The van der Waals surface area contributed by atoms with Gasteiger partial charge in [0.15, 0.2) is 11.6 Å². The normalized spacial score (nSPS) is 11.1. The lowest BCUT2D eigenvalue weighted by Gasteiger charge is -2.10. The number of nitrogens with one attached hydrogen (secondary N) is 2. The van der Waals surface area contributed by atoms with Crippen molar-refractivity contribution < 1.29 is 0 Å². The molecule has 0 aliphatic rings. The molecule has 0 aliphatic heterocycles. The molecule has 0 fully saturated rings. The molecule has 3 heterocycles. The fourth-order valence-electron chi connectivity index (χ4n) is 2.79. The summed E-state index contributed by atoms with van der Waals surface area (Å²) in [5.41, 5.74) is 4.81. The summed E-state index contributed by atoms with van der Waals surface area (Å²) in [6.45, 7) is 0. The summed E-state index contributed by atoms with van der Waals surface area (Å²) in [5.74, 6) is 1.50. The molecule has 0 saturated carbocycles. The molecule has 0 bridgehead atoms. The van der Waals surface area contributed by atoms with Crippen LogP contribution in [-0.4, -0.2) is 15.2 Å². The standard InChI is InChI=1S/C19H12BrN5S2/c20-11-1-3-12(4-2-11)22-18-14-7-8-26-17(14)19(25-24-18)23-13-5-6-15-16(9-13)27-10-21-15/h1-10H,(H,22,24)(H,23,25). The molecule has 0 spiro atoms. The molecule has 5 nitrogen and oxygen atoms in total. The van der Waals surface area contributed by atoms with Gasteiger partial charge in [0, 0.05) is 21.2 Å². The summed E-state index contributed by atoms with van der Waals surface area (Å²) in [6, 6.07) is 16.2. The Labute approximate surface area is 171 Å². The number of fused-ring (bicyclic) bond motifs is 2. The number of thiophene rings is 1. The minimum atomic E-state index is 0.747. The molecule has 8 heteroatoms. The predicted molar refractivity (Wildman–Crippen MR) is 118 cm³/mol. The number of benzene rings is 2. The van der Waals surface area contributed by atoms with Crippen LogP contribution in [0.2, 0.25) is 0 Å². The molecule has 0 saturated heterocycles. The van der Waals surface area contributed by atoms with E-state index in [1.54, 1.807) is 22.7 Å². The van der Waals surface area contributed by atoms with Crippen LogP contribution in [0.5, 0.6) is 0 Å². The van der Waals surface area contributed by atoms with Gasteiger partial charge in [0.25, 0.3) is 0 Å². The van der Waals surface area contributed by atoms with Crippen LogP contribution in [0.3, 0.4) is 0 Å². The van der Waals surface area contributed by atoms with Crippen molar-refractivity contribution in [2.75, 3.05) is 10.6 Å². The Kier molecular flexibility index (Phi) is 4.23. The number of nitrogens with zero attached hydrogens (tertiary/aromatic N) is 3. The topological polar surface area (TPSA) is 62.7 Å². The van der Waals surface area contributed by atoms with Crippen molar-refractivity contribution in [1.29, 1.82) is 0 Å². The Balaban J connectivity index is 1.49. The molecule has 2 aromatic carbocycles. The molecule has 132 valence electrons. The number of anilines is 4. The first-order chi connectivity index (χ1) is 13.3. The fourth-order valence-corrected chi connectivity index (χ4v) is 4.61. The molecule has 0 unspecified atom stereocenters. The second-order valence-corrected chi connectivity index (χ2v) is 8.57. The van der Waals surface area contributed by atoms with Crippen LogP contribution < -0.4 is 10.6 Å². The summed E-state index contributed by atoms with van der Waals surface area (Å²) >= 11 is 6.72. The lowest BCUT2D eigenvalue weighted by molar-refractivity contribution is 1.06. The van der Waals surface area contributed by atoms with E-state index in [-0.39, 0.29) is 0 Å². The Bertz CT molecular complexity index is 1250. The fraction of sp³-hybridized carbons (Fsp3) is 0. The molecule has 0 amide bonds. The van der Waals surface area contributed by atoms with Crippen LogP contribution in [0.25, 0.3) is 20.3 Å². The third-order valence-corrected chi connectivity index (χ3v) is 6.33. The molecule has 2 N–H and O–H groups in total. The molecular formula is C19H12BrN5S2. The Hall–Kier alpha value is -2.55. The molecule has 5 aromatic rings. The SMILES string of the molecule is Brc1ccc(Nc2nnc(Nc3ccc4ncsc4c3)c3sccc23)cc1. The van der Waals surface area contributed by atoms with E-state index < -0.39 is 0 Å². The van der Waals surface area contributed by atoms with Gasteiger partial charge >= 0.3 is 0 Å². The monoisotopic (exact) mass is 453 g/mol. The van der Waals surface area contributed by atoms with Gasteiger partial charge < -0.3 is 10.6 Å². The lowest BCUT2D eigenvalue weighted by Crippen LogP contribution is -2.00. The third-order valence-electron chi connectivity index (χ3n) is 4.09. The van der Waals surface area contributed by atoms with Crippen molar-refractivity contribution in [2.45, 2.75) is 0 Å². The van der Waals surface area contributed by atoms with Crippen molar-refractivity contribution in [3.8, 4) is 0 Å². The molecule has 5 rings (SSSR count). The van der Waals surface area contributed by atoms with E-state index in [4.69, 9.17) is 0 Å². The maximum Gasteiger partial charge on any atom is 0.171 e. The molecule has 0 radical (unpaired) electrons. The number of thiazole rings is 1. The number of halogens is 1. The summed E-state index contributed by atoms with van der Waals surface area (Å²) in [6.07, 6.45) is 0. The lowest BCUT2D eigenvalue weighted by atomic mass is 10.2. The van der Waals surface area contributed by atoms with E-state index in [1.807, 2.05) is 41.9 Å². The van der Waals surface area contributed by atoms with Crippen molar-refractivity contribution in [3.63, 3.8) is 0 Å². The van der Waals surface area contributed by atoms with E-state index in [0.717, 1.165) is 47.8 Å². The predicted octanol–water partition coefficient (Wildman–Crippen LogP) is 6.55. The van der Waals surface area contributed by atoms with Gasteiger partial charge in [0.1, 0.15) is 0 Å². The average molecular weight is 454 g/mol. The van der Waals surface area contributed by atoms with E-state index in [0.29, 0.717) is 0 Å². The van der Waals surface area contributed by atoms with E-state index >= 15 is 0 Å². The number of hydrogen-bond donors (Lipinski definition) is 2. The maximum absolute atomic E-state index is 4.42. The van der Waals surface area contributed by atoms with E-state index in [2.05, 4.69) is 59.3 Å². The van der Waals surface area contributed by atoms with Gasteiger partial charge in [-0.1, -0.05) is 15.9 Å². The maximum atomic E-state index is 4.42. The zero-order valence-electron chi connectivity index (χ0n) is 13.8. The van der Waals surface area contributed by atoms with Crippen LogP contribution in [0, 0.1) is 0 Å². The van der Waals surface area contributed by atoms with E-state index in [9.17, 15) is 0 Å². The number of hydrogen-bond acceptors (Lipinski definition) is 7. The second-order valence-electron chi connectivity index (χ2n) is 5.85. The Morgan fingerprint density at radius 1 is 0.815 bits per heavy atom. The first-order valence-electron chi connectivity index (χ1n) is 8.13. The van der Waals surface area contributed by atoms with Crippen molar-refractivity contribution in [3.05, 3.63) is 63.9 Å². The van der Waals surface area contributed by atoms with Gasteiger partial charge in [-0.2, -0.15) is 0 Å². The molecule has 0 aliphatic carbocycles. The van der Waals surface area contributed by atoms with Crippen molar-refractivity contribution >= 4 is 81.9 Å². The summed E-state index contributed by atoms with van der Waals surface area (Å²) < 4.78 is 3.25. The van der Waals surface area contributed by atoms with Crippen LogP contribution in [0.1, 0.15) is 0 Å². The second kappa shape index (κ2) is 6.88. The van der Waals surface area contributed by atoms with Crippen LogP contribution >= 0.6 is 38.6 Å². The third kappa shape index (κ3) is 3.27. The summed E-state index contributed by atoms with van der Waals surface area (Å²) in [4.78, 5) is 4.32. The highest BCUT2D eigenvalue weighted by atomic mass is 79.9. The minimum absolute atomic E-state index is 0.747. The van der Waals surface area contributed by atoms with Crippen molar-refractivity contribution in [1.82, 2.24) is 15.2 Å². The van der Waals surface area contributed by atoms with Crippen molar-refractivity contribution in [2.24, 2.45) is 0 Å². The van der Waals surface area contributed by atoms with Gasteiger partial charge in [-0.25, -0.2) is 4.98 Å². The quantitative estimate of drug-likeness (QED) is 0.322. The zero-order valence-corrected chi connectivity index (χ0v) is 17.0. The molecular weight excluding hydrogens is 442 g/mol. The van der Waals surface area contributed by atoms with Gasteiger partial charge in [0.2, 0.25) is 0 Å². The van der Waals surface area contributed by atoms with Gasteiger partial charge in [0.05, 0.1) is 20.4 Å². The van der Waals surface area contributed by atoms with Crippen LogP contribution in [-0.2, 0) is 0 Å². The van der Waals surface area contributed by atoms with Crippen LogP contribution in [0.15, 0.2) is 63.9 Å². The smallest absolute Gasteiger partial charge is 0.171 e. The van der Waals surface area contributed by atoms with Gasteiger partial charge in [-0.05, 0) is 53.9 Å². The zero-order chi connectivity index (χ0) is 18.2. The summed E-state index contributed by atoms with van der Waals surface area (Å²) in [7, 11) is 0. The van der Waals surface area contributed by atoms with Gasteiger partial charge in [-0.3, -0.25) is 0 Å². The van der Waals surface area contributed by atoms with Crippen LogP contribution in [0.4, 0.5) is 23.0 Å². The average Bonchev–Trinajstić information content (AvgIpc) is 3.34.